The Bertz CT molecular complexity index is 472. The fourth-order valence-electron chi connectivity index (χ4n) is 2.45. The molecule has 2 heterocycles. The number of likely N-dealkylation sites (tertiary alicyclic amines) is 1. The minimum Gasteiger partial charge on any atom is -0.459 e. The first-order valence-corrected chi connectivity index (χ1v) is 7.35. The van der Waals surface area contributed by atoms with Gasteiger partial charge in [-0.05, 0) is 30.9 Å². The van der Waals surface area contributed by atoms with Crippen LogP contribution in [0.1, 0.15) is 36.7 Å². The van der Waals surface area contributed by atoms with Crippen molar-refractivity contribution in [1.82, 2.24) is 10.2 Å². The lowest BCUT2D eigenvalue weighted by atomic mass is 9.96. The van der Waals surface area contributed by atoms with Crippen LogP contribution in [-0.4, -0.2) is 47.6 Å². The average Bonchev–Trinajstić information content (AvgIpc) is 3.00. The Morgan fingerprint density at radius 2 is 2.33 bits per heavy atom. The second-order valence-corrected chi connectivity index (χ2v) is 5.51. The third kappa shape index (κ3) is 4.32. The molecule has 116 valence electrons. The van der Waals surface area contributed by atoms with Gasteiger partial charge in [0.1, 0.15) is 0 Å². The third-order valence-electron chi connectivity index (χ3n) is 3.81. The zero-order valence-electron chi connectivity index (χ0n) is 12.2. The van der Waals surface area contributed by atoms with Crippen LogP contribution in [0.3, 0.4) is 0 Å². The van der Waals surface area contributed by atoms with Crippen LogP contribution in [-0.2, 0) is 4.79 Å². The van der Waals surface area contributed by atoms with Gasteiger partial charge in [-0.25, -0.2) is 0 Å². The van der Waals surface area contributed by atoms with E-state index < -0.39 is 0 Å². The van der Waals surface area contributed by atoms with Gasteiger partial charge in [0, 0.05) is 26.1 Å². The van der Waals surface area contributed by atoms with Crippen molar-refractivity contribution in [3.63, 3.8) is 0 Å². The van der Waals surface area contributed by atoms with E-state index >= 15 is 0 Å². The van der Waals surface area contributed by atoms with E-state index in [0.29, 0.717) is 38.9 Å². The molecule has 1 aliphatic rings. The molecule has 0 bridgehead atoms. The van der Waals surface area contributed by atoms with Crippen molar-refractivity contribution in [3.05, 3.63) is 24.2 Å². The molecule has 0 aromatic carbocycles. The van der Waals surface area contributed by atoms with E-state index in [1.54, 1.807) is 17.0 Å². The molecule has 2 amide bonds. The molecule has 0 spiro atoms. The summed E-state index contributed by atoms with van der Waals surface area (Å²) in [6.45, 7) is 3.62. The number of piperidine rings is 1. The molecule has 0 radical (unpaired) electrons. The monoisotopic (exact) mass is 294 g/mol. The summed E-state index contributed by atoms with van der Waals surface area (Å²) in [6.07, 6.45) is 2.79. The molecule has 2 unspecified atom stereocenters. The molecule has 21 heavy (non-hydrogen) atoms. The largest absolute Gasteiger partial charge is 0.459 e. The van der Waals surface area contributed by atoms with E-state index in [-0.39, 0.29) is 29.6 Å². The summed E-state index contributed by atoms with van der Waals surface area (Å²) in [5, 5.41) is 12.4. The number of hydrogen-bond donors (Lipinski definition) is 2. The van der Waals surface area contributed by atoms with Crippen molar-refractivity contribution in [2.24, 2.45) is 5.92 Å². The molecule has 0 saturated carbocycles. The van der Waals surface area contributed by atoms with Crippen LogP contribution in [0, 0.1) is 5.92 Å². The number of carbonyl (C=O) groups excluding carboxylic acids is 2. The number of rotatable bonds is 5. The zero-order valence-corrected chi connectivity index (χ0v) is 12.2. The van der Waals surface area contributed by atoms with Gasteiger partial charge >= 0.3 is 0 Å². The van der Waals surface area contributed by atoms with Gasteiger partial charge in [0.05, 0.1) is 12.4 Å². The zero-order chi connectivity index (χ0) is 15.2. The smallest absolute Gasteiger partial charge is 0.286 e. The minimum atomic E-state index is -0.304. The van der Waals surface area contributed by atoms with Crippen molar-refractivity contribution < 1.29 is 19.1 Å². The van der Waals surface area contributed by atoms with Crippen LogP contribution in [0.5, 0.6) is 0 Å². The topological polar surface area (TPSA) is 82.8 Å². The van der Waals surface area contributed by atoms with Crippen molar-refractivity contribution in [1.29, 1.82) is 0 Å². The number of furan rings is 1. The Labute approximate surface area is 124 Å². The Morgan fingerprint density at radius 3 is 3.00 bits per heavy atom. The summed E-state index contributed by atoms with van der Waals surface area (Å²) in [5.41, 5.74) is 0. The summed E-state index contributed by atoms with van der Waals surface area (Å²) < 4.78 is 4.98. The first-order valence-electron chi connectivity index (χ1n) is 7.35. The second kappa shape index (κ2) is 7.26. The highest BCUT2D eigenvalue weighted by Crippen LogP contribution is 2.17. The third-order valence-corrected chi connectivity index (χ3v) is 3.81. The highest BCUT2D eigenvalue weighted by Gasteiger charge is 2.26. The van der Waals surface area contributed by atoms with Crippen LogP contribution in [0.25, 0.3) is 0 Å². The van der Waals surface area contributed by atoms with Gasteiger partial charge in [0.25, 0.3) is 5.91 Å². The van der Waals surface area contributed by atoms with E-state index in [2.05, 4.69) is 5.32 Å². The number of carbonyl (C=O) groups is 2. The lowest BCUT2D eigenvalue weighted by Gasteiger charge is -2.34. The van der Waals surface area contributed by atoms with E-state index in [0.717, 1.165) is 0 Å². The van der Waals surface area contributed by atoms with E-state index in [9.17, 15) is 14.7 Å². The predicted octanol–water partition coefficient (Wildman–Crippen LogP) is 1.02. The molecular weight excluding hydrogens is 272 g/mol. The Hall–Kier alpha value is -1.82. The Morgan fingerprint density at radius 1 is 1.52 bits per heavy atom. The number of nitrogens with one attached hydrogen (secondary N) is 1. The summed E-state index contributed by atoms with van der Waals surface area (Å²) in [4.78, 5) is 25.4. The number of aliphatic hydroxyl groups excluding tert-OH is 1. The maximum absolute atomic E-state index is 12.0. The van der Waals surface area contributed by atoms with Gasteiger partial charge in [0.2, 0.25) is 5.91 Å². The van der Waals surface area contributed by atoms with Gasteiger partial charge in [0.15, 0.2) is 5.76 Å². The molecular formula is C15H22N2O4. The number of aliphatic hydroxyl groups is 1. The average molecular weight is 294 g/mol. The first kappa shape index (κ1) is 15.6. The highest BCUT2D eigenvalue weighted by molar-refractivity contribution is 5.91. The van der Waals surface area contributed by atoms with Crippen molar-refractivity contribution in [2.75, 3.05) is 19.6 Å². The van der Waals surface area contributed by atoms with Crippen molar-refractivity contribution >= 4 is 11.8 Å². The number of amides is 2. The van der Waals surface area contributed by atoms with E-state index in [1.807, 2.05) is 6.92 Å². The Kier molecular flexibility index (Phi) is 5.38. The first-order chi connectivity index (χ1) is 10.1. The highest BCUT2D eigenvalue weighted by atomic mass is 16.3. The molecule has 2 rings (SSSR count). The predicted molar refractivity (Wildman–Crippen MR) is 76.6 cm³/mol. The van der Waals surface area contributed by atoms with Gasteiger partial charge in [-0.1, -0.05) is 6.92 Å². The van der Waals surface area contributed by atoms with E-state index in [1.165, 1.54) is 6.26 Å². The van der Waals surface area contributed by atoms with Crippen molar-refractivity contribution in [2.45, 2.75) is 32.3 Å². The normalized spacial score (nSPS) is 22.1. The van der Waals surface area contributed by atoms with Gasteiger partial charge in [-0.3, -0.25) is 9.59 Å². The number of hydrogen-bond acceptors (Lipinski definition) is 4. The number of nitrogens with zero attached hydrogens (tertiary/aromatic N) is 1. The summed E-state index contributed by atoms with van der Waals surface area (Å²) in [7, 11) is 0. The van der Waals surface area contributed by atoms with Crippen LogP contribution < -0.4 is 5.32 Å². The molecule has 6 heteroatoms. The Balaban J connectivity index is 1.64. The maximum Gasteiger partial charge on any atom is 0.286 e. The van der Waals surface area contributed by atoms with Gasteiger partial charge in [-0.2, -0.15) is 0 Å². The SMILES string of the molecule is CC1CN(C(=O)CCCNC(=O)c2ccco2)CCC1O. The van der Waals surface area contributed by atoms with Crippen LogP contribution in [0.4, 0.5) is 0 Å². The summed E-state index contributed by atoms with van der Waals surface area (Å²) in [5.74, 6) is 0.227. The lowest BCUT2D eigenvalue weighted by Crippen LogP contribution is -2.45. The molecule has 1 fully saturated rings. The summed E-state index contributed by atoms with van der Waals surface area (Å²) >= 11 is 0. The molecule has 0 aliphatic carbocycles. The molecule has 1 aliphatic heterocycles. The summed E-state index contributed by atoms with van der Waals surface area (Å²) in [6, 6.07) is 3.26. The van der Waals surface area contributed by atoms with Crippen LogP contribution in [0.15, 0.2) is 22.8 Å². The molecule has 1 aromatic heterocycles. The molecule has 2 atom stereocenters. The molecule has 2 N–H and O–H groups in total. The van der Waals surface area contributed by atoms with Gasteiger partial charge < -0.3 is 19.7 Å². The fourth-order valence-corrected chi connectivity index (χ4v) is 2.45. The standard InChI is InChI=1S/C15H22N2O4/c1-11-10-17(8-6-12(11)18)14(19)5-2-7-16-15(20)13-4-3-9-21-13/h3-4,9,11-12,18H,2,5-8,10H2,1H3,(H,16,20). The lowest BCUT2D eigenvalue weighted by molar-refractivity contribution is -0.134. The molecule has 1 aromatic rings. The molecule has 6 nitrogen and oxygen atoms in total. The quantitative estimate of drug-likeness (QED) is 0.794. The molecule has 1 saturated heterocycles. The van der Waals surface area contributed by atoms with Crippen LogP contribution >= 0.6 is 0 Å². The second-order valence-electron chi connectivity index (χ2n) is 5.51. The van der Waals surface area contributed by atoms with Crippen molar-refractivity contribution in [3.8, 4) is 0 Å². The maximum atomic E-state index is 12.0. The minimum absolute atomic E-state index is 0.0843. The van der Waals surface area contributed by atoms with E-state index in [4.69, 9.17) is 4.42 Å². The van der Waals surface area contributed by atoms with Gasteiger partial charge in [-0.15, -0.1) is 0 Å². The fraction of sp³-hybridized carbons (Fsp3) is 0.600. The van der Waals surface area contributed by atoms with Crippen LogP contribution in [0.2, 0.25) is 0 Å².